The summed E-state index contributed by atoms with van der Waals surface area (Å²) in [5, 5.41) is 13.0. The van der Waals surface area contributed by atoms with Crippen LogP contribution in [0.15, 0.2) is 66.0 Å². The van der Waals surface area contributed by atoms with Gasteiger partial charge in [-0.1, -0.05) is 30.3 Å². The Kier molecular flexibility index (Phi) is 6.84. The number of hydrogen-bond acceptors (Lipinski definition) is 6. The molecule has 9 heteroatoms. The molecule has 36 heavy (non-hydrogen) atoms. The second-order valence-corrected chi connectivity index (χ2v) is 10.3. The Balaban J connectivity index is 1.25. The van der Waals surface area contributed by atoms with E-state index < -0.39 is 4.92 Å². The van der Waals surface area contributed by atoms with Gasteiger partial charge in [-0.3, -0.25) is 24.6 Å². The minimum Gasteiger partial charge on any atom is -0.338 e. The third-order valence-corrected chi connectivity index (χ3v) is 8.08. The molecule has 1 saturated heterocycles. The standard InChI is InChI=1S/C27H28N4O4S/c1-19-17-28(14-15-30(19)27(33)21-7-9-22(10-8-21)31(34)35)25(32)18-29-13-11-24-23(12-16-36-24)26(29)20-5-3-2-4-6-20/h2-10,12,16,19,26H,11,13-15,17-18H2,1H3/t19-,26+/m0/s1. The van der Waals surface area contributed by atoms with Gasteiger partial charge in [0.2, 0.25) is 5.91 Å². The molecule has 8 nitrogen and oxygen atoms in total. The van der Waals surface area contributed by atoms with Crippen LogP contribution < -0.4 is 0 Å². The summed E-state index contributed by atoms with van der Waals surface area (Å²) < 4.78 is 0. The second kappa shape index (κ2) is 10.2. The monoisotopic (exact) mass is 504 g/mol. The molecule has 186 valence electrons. The lowest BCUT2D eigenvalue weighted by atomic mass is 9.93. The first kappa shape index (κ1) is 24.1. The number of benzene rings is 2. The molecule has 0 saturated carbocycles. The Morgan fingerprint density at radius 3 is 2.47 bits per heavy atom. The number of fused-ring (bicyclic) bond motifs is 1. The first-order valence-electron chi connectivity index (χ1n) is 12.1. The highest BCUT2D eigenvalue weighted by Crippen LogP contribution is 2.37. The Labute approximate surface area is 213 Å². The number of amides is 2. The fourth-order valence-corrected chi connectivity index (χ4v) is 6.12. The molecule has 2 aliphatic rings. The molecule has 3 aromatic rings. The highest BCUT2D eigenvalue weighted by Gasteiger charge is 2.34. The summed E-state index contributed by atoms with van der Waals surface area (Å²) in [6, 6.07) is 18.1. The zero-order valence-corrected chi connectivity index (χ0v) is 20.9. The second-order valence-electron chi connectivity index (χ2n) is 9.32. The number of carbonyl (C=O) groups excluding carboxylic acids is 2. The van der Waals surface area contributed by atoms with Crippen molar-refractivity contribution in [2.45, 2.75) is 25.4 Å². The maximum Gasteiger partial charge on any atom is 0.269 e. The lowest BCUT2D eigenvalue weighted by molar-refractivity contribution is -0.384. The lowest BCUT2D eigenvalue weighted by Crippen LogP contribution is -2.57. The van der Waals surface area contributed by atoms with Crippen molar-refractivity contribution in [2.75, 3.05) is 32.7 Å². The van der Waals surface area contributed by atoms with Gasteiger partial charge in [0, 0.05) is 54.8 Å². The lowest BCUT2D eigenvalue weighted by Gasteiger charge is -2.42. The van der Waals surface area contributed by atoms with Gasteiger partial charge in [0.15, 0.2) is 0 Å². The average molecular weight is 505 g/mol. The van der Waals surface area contributed by atoms with Crippen LogP contribution in [0.2, 0.25) is 0 Å². The van der Waals surface area contributed by atoms with Gasteiger partial charge in [-0.25, -0.2) is 0 Å². The van der Waals surface area contributed by atoms with E-state index in [1.807, 2.05) is 30.0 Å². The van der Waals surface area contributed by atoms with Crippen LogP contribution in [0.1, 0.15) is 39.3 Å². The number of nitrogens with zero attached hydrogens (tertiary/aromatic N) is 4. The molecule has 1 fully saturated rings. The van der Waals surface area contributed by atoms with Crippen LogP contribution in [-0.4, -0.2) is 70.2 Å². The summed E-state index contributed by atoms with van der Waals surface area (Å²) in [5.74, 6) is -0.0986. The number of hydrogen-bond donors (Lipinski definition) is 0. The summed E-state index contributed by atoms with van der Waals surface area (Å²) in [6.45, 7) is 4.46. The van der Waals surface area contributed by atoms with E-state index in [0.29, 0.717) is 31.7 Å². The van der Waals surface area contributed by atoms with E-state index in [9.17, 15) is 19.7 Å². The smallest absolute Gasteiger partial charge is 0.269 e. The third kappa shape index (κ3) is 4.76. The number of rotatable bonds is 5. The maximum absolute atomic E-state index is 13.4. The van der Waals surface area contributed by atoms with Crippen molar-refractivity contribution in [2.24, 2.45) is 0 Å². The van der Waals surface area contributed by atoms with Crippen molar-refractivity contribution < 1.29 is 14.5 Å². The van der Waals surface area contributed by atoms with Crippen LogP contribution >= 0.6 is 11.3 Å². The summed E-state index contributed by atoms with van der Waals surface area (Å²) in [6.07, 6.45) is 0.942. The molecule has 0 N–H and O–H groups in total. The van der Waals surface area contributed by atoms with Gasteiger partial charge in [-0.05, 0) is 48.1 Å². The maximum atomic E-state index is 13.4. The Hall–Kier alpha value is -3.56. The normalized spacial score (nSPS) is 20.1. The predicted octanol–water partition coefficient (Wildman–Crippen LogP) is 3.98. The van der Waals surface area contributed by atoms with Gasteiger partial charge in [0.1, 0.15) is 0 Å². The zero-order chi connectivity index (χ0) is 25.2. The van der Waals surface area contributed by atoms with E-state index >= 15 is 0 Å². The Bertz CT molecular complexity index is 1260. The van der Waals surface area contributed by atoms with Crippen LogP contribution in [0.3, 0.4) is 0 Å². The molecule has 3 heterocycles. The van der Waals surface area contributed by atoms with Crippen molar-refractivity contribution in [3.63, 3.8) is 0 Å². The molecule has 0 radical (unpaired) electrons. The minimum atomic E-state index is -0.481. The summed E-state index contributed by atoms with van der Waals surface area (Å²) >= 11 is 1.78. The summed E-state index contributed by atoms with van der Waals surface area (Å²) in [7, 11) is 0. The predicted molar refractivity (Wildman–Crippen MR) is 138 cm³/mol. The van der Waals surface area contributed by atoms with Crippen molar-refractivity contribution in [1.29, 1.82) is 0 Å². The SMILES string of the molecule is C[C@H]1CN(C(=O)CN2CCc3sccc3[C@H]2c2ccccc2)CCN1C(=O)c1ccc([N+](=O)[O-])cc1. The van der Waals surface area contributed by atoms with Crippen molar-refractivity contribution in [3.05, 3.63) is 97.7 Å². The molecular formula is C27H28N4O4S. The molecule has 1 aromatic heterocycles. The van der Waals surface area contributed by atoms with Gasteiger partial charge in [-0.15, -0.1) is 11.3 Å². The van der Waals surface area contributed by atoms with Crippen molar-refractivity contribution >= 4 is 28.8 Å². The first-order chi connectivity index (χ1) is 17.4. The van der Waals surface area contributed by atoms with Crippen LogP contribution in [0.25, 0.3) is 0 Å². The molecule has 0 aliphatic carbocycles. The molecule has 0 bridgehead atoms. The fourth-order valence-electron chi connectivity index (χ4n) is 5.22. The number of nitro benzene ring substituents is 1. The summed E-state index contributed by atoms with van der Waals surface area (Å²) in [4.78, 5) is 44.1. The van der Waals surface area contributed by atoms with E-state index in [1.165, 1.54) is 40.3 Å². The van der Waals surface area contributed by atoms with Crippen LogP contribution in [0.4, 0.5) is 5.69 Å². The highest BCUT2D eigenvalue weighted by molar-refractivity contribution is 7.10. The topological polar surface area (TPSA) is 87.0 Å². The molecule has 2 aliphatic heterocycles. The number of non-ortho nitro benzene ring substituents is 1. The fraction of sp³-hybridized carbons (Fsp3) is 0.333. The van der Waals surface area contributed by atoms with Crippen LogP contribution in [0.5, 0.6) is 0 Å². The van der Waals surface area contributed by atoms with Crippen LogP contribution in [-0.2, 0) is 11.2 Å². The molecular weight excluding hydrogens is 476 g/mol. The molecule has 2 atom stereocenters. The number of piperazine rings is 1. The molecule has 2 aromatic carbocycles. The first-order valence-corrected chi connectivity index (χ1v) is 13.0. The van der Waals surface area contributed by atoms with Gasteiger partial charge in [0.25, 0.3) is 11.6 Å². The quantitative estimate of drug-likeness (QED) is 0.388. The third-order valence-electron chi connectivity index (χ3n) is 7.09. The molecule has 0 unspecified atom stereocenters. The highest BCUT2D eigenvalue weighted by atomic mass is 32.1. The van der Waals surface area contributed by atoms with E-state index in [4.69, 9.17) is 0 Å². The van der Waals surface area contributed by atoms with Crippen molar-refractivity contribution in [1.82, 2.24) is 14.7 Å². The van der Waals surface area contributed by atoms with Gasteiger partial charge in [-0.2, -0.15) is 0 Å². The van der Waals surface area contributed by atoms with E-state index in [-0.39, 0.29) is 29.6 Å². The van der Waals surface area contributed by atoms with Gasteiger partial charge in [0.05, 0.1) is 17.5 Å². The molecule has 2 amide bonds. The largest absolute Gasteiger partial charge is 0.338 e. The summed E-state index contributed by atoms with van der Waals surface area (Å²) in [5.41, 5.74) is 2.85. The van der Waals surface area contributed by atoms with E-state index in [1.54, 1.807) is 16.2 Å². The van der Waals surface area contributed by atoms with Gasteiger partial charge >= 0.3 is 0 Å². The zero-order valence-electron chi connectivity index (χ0n) is 20.1. The Morgan fingerprint density at radius 2 is 1.78 bits per heavy atom. The number of nitro groups is 1. The molecule has 0 spiro atoms. The number of thiophene rings is 1. The average Bonchev–Trinajstić information content (AvgIpc) is 3.37. The Morgan fingerprint density at radius 1 is 1.03 bits per heavy atom. The van der Waals surface area contributed by atoms with Crippen molar-refractivity contribution in [3.8, 4) is 0 Å². The van der Waals surface area contributed by atoms with E-state index in [0.717, 1.165) is 13.0 Å². The van der Waals surface area contributed by atoms with Gasteiger partial charge < -0.3 is 9.80 Å². The van der Waals surface area contributed by atoms with Crippen LogP contribution in [0, 0.1) is 10.1 Å². The minimum absolute atomic E-state index is 0.0453. The number of carbonyl (C=O) groups is 2. The van der Waals surface area contributed by atoms with E-state index in [2.05, 4.69) is 28.5 Å². The molecule has 5 rings (SSSR count).